The highest BCUT2D eigenvalue weighted by Crippen LogP contribution is 2.07. The summed E-state index contributed by atoms with van der Waals surface area (Å²) in [6.45, 7) is 0. The quantitative estimate of drug-likeness (QED) is 0.606. The molecule has 0 bridgehead atoms. The Kier molecular flexibility index (Phi) is 2.25. The van der Waals surface area contributed by atoms with Crippen molar-refractivity contribution >= 4 is 28.2 Å². The summed E-state index contributed by atoms with van der Waals surface area (Å²) in [6, 6.07) is 1.89. The Morgan fingerprint density at radius 3 is 3.00 bits per heavy atom. The summed E-state index contributed by atoms with van der Waals surface area (Å²) in [4.78, 5) is 10.3. The van der Waals surface area contributed by atoms with E-state index in [9.17, 15) is 4.79 Å². The molecule has 0 radical (unpaired) electrons. The van der Waals surface area contributed by atoms with Crippen molar-refractivity contribution in [1.82, 2.24) is 0 Å². The van der Waals surface area contributed by atoms with Crippen LogP contribution in [0.15, 0.2) is 16.8 Å². The molecule has 1 aromatic rings. The van der Waals surface area contributed by atoms with Crippen LogP contribution in [0.2, 0.25) is 0 Å². The lowest BCUT2D eigenvalue weighted by atomic mass is 10.3. The lowest BCUT2D eigenvalue weighted by Crippen LogP contribution is -1.89. The van der Waals surface area contributed by atoms with Crippen molar-refractivity contribution in [2.45, 2.75) is 6.42 Å². The number of hydrogen-bond donors (Lipinski definition) is 0. The molecule has 0 N–H and O–H groups in total. The van der Waals surface area contributed by atoms with Gasteiger partial charge in [0.1, 0.15) is 0 Å². The molecule has 0 aliphatic rings. The second-order valence-electron chi connectivity index (χ2n) is 1.66. The molecule has 0 aromatic carbocycles. The molecule has 3 heteroatoms. The SMILES string of the molecule is O=C(Cl)Cc1ccsc1. The monoisotopic (exact) mass is 160 g/mol. The van der Waals surface area contributed by atoms with E-state index in [4.69, 9.17) is 11.6 Å². The second-order valence-corrected chi connectivity index (χ2v) is 2.87. The second kappa shape index (κ2) is 2.99. The smallest absolute Gasteiger partial charge is 0.226 e. The normalized spacial score (nSPS) is 9.44. The predicted octanol–water partition coefficient (Wildman–Crippen LogP) is 2.06. The Labute approximate surface area is 62.3 Å². The van der Waals surface area contributed by atoms with Crippen LogP contribution in [0, 0.1) is 0 Å². The molecular formula is C6H5ClOS. The van der Waals surface area contributed by atoms with Crippen LogP contribution in [-0.2, 0) is 11.2 Å². The van der Waals surface area contributed by atoms with Gasteiger partial charge in [-0.05, 0) is 34.0 Å². The van der Waals surface area contributed by atoms with Crippen molar-refractivity contribution in [3.8, 4) is 0 Å². The Morgan fingerprint density at radius 2 is 2.56 bits per heavy atom. The summed E-state index contributed by atoms with van der Waals surface area (Å²) in [5, 5.41) is 3.54. The minimum absolute atomic E-state index is 0.298. The molecule has 0 spiro atoms. The van der Waals surface area contributed by atoms with Gasteiger partial charge in [0, 0.05) is 6.42 Å². The summed E-state index contributed by atoms with van der Waals surface area (Å²) < 4.78 is 0. The zero-order valence-electron chi connectivity index (χ0n) is 4.63. The van der Waals surface area contributed by atoms with Crippen LogP contribution < -0.4 is 0 Å². The maximum Gasteiger partial charge on any atom is 0.226 e. The molecule has 1 heterocycles. The first-order valence-corrected chi connectivity index (χ1v) is 3.80. The standard InChI is InChI=1S/C6H5ClOS/c7-6(8)3-5-1-2-9-4-5/h1-2,4H,3H2. The first-order chi connectivity index (χ1) is 4.29. The van der Waals surface area contributed by atoms with E-state index in [1.807, 2.05) is 16.8 Å². The van der Waals surface area contributed by atoms with Crippen LogP contribution in [-0.4, -0.2) is 5.24 Å². The van der Waals surface area contributed by atoms with Gasteiger partial charge in [0.15, 0.2) is 0 Å². The average molecular weight is 161 g/mol. The number of hydrogen-bond acceptors (Lipinski definition) is 2. The van der Waals surface area contributed by atoms with E-state index in [1.165, 1.54) is 0 Å². The molecule has 1 rings (SSSR count). The van der Waals surface area contributed by atoms with Gasteiger partial charge in [-0.25, -0.2) is 0 Å². The maximum absolute atomic E-state index is 10.3. The van der Waals surface area contributed by atoms with E-state index in [2.05, 4.69) is 0 Å². The molecule has 0 amide bonds. The summed E-state index contributed by atoms with van der Waals surface area (Å²) in [6.07, 6.45) is 0.352. The zero-order valence-corrected chi connectivity index (χ0v) is 6.21. The fraction of sp³-hybridized carbons (Fsp3) is 0.167. The molecule has 0 aliphatic carbocycles. The van der Waals surface area contributed by atoms with Gasteiger partial charge >= 0.3 is 0 Å². The van der Waals surface area contributed by atoms with E-state index in [-0.39, 0.29) is 5.24 Å². The van der Waals surface area contributed by atoms with Gasteiger partial charge in [0.25, 0.3) is 0 Å². The van der Waals surface area contributed by atoms with Crippen LogP contribution in [0.5, 0.6) is 0 Å². The van der Waals surface area contributed by atoms with Gasteiger partial charge in [-0.1, -0.05) is 0 Å². The van der Waals surface area contributed by atoms with Crippen LogP contribution in [0.4, 0.5) is 0 Å². The lowest BCUT2D eigenvalue weighted by Gasteiger charge is -1.84. The molecule has 0 aliphatic heterocycles. The molecule has 0 atom stereocenters. The highest BCUT2D eigenvalue weighted by Gasteiger charge is 1.97. The minimum Gasteiger partial charge on any atom is -0.281 e. The van der Waals surface area contributed by atoms with Crippen molar-refractivity contribution in [3.63, 3.8) is 0 Å². The Bertz CT molecular complexity index is 193. The van der Waals surface area contributed by atoms with Gasteiger partial charge in [-0.15, -0.1) is 0 Å². The Morgan fingerprint density at radius 1 is 1.78 bits per heavy atom. The fourth-order valence-corrected chi connectivity index (χ4v) is 1.38. The summed E-state index contributed by atoms with van der Waals surface area (Å²) >= 11 is 6.71. The summed E-state index contributed by atoms with van der Waals surface area (Å²) in [5.74, 6) is 0. The molecule has 0 saturated heterocycles. The van der Waals surface area contributed by atoms with E-state index in [0.717, 1.165) is 5.56 Å². The predicted molar refractivity (Wildman–Crippen MR) is 38.9 cm³/mol. The average Bonchev–Trinajstić information content (AvgIpc) is 2.15. The lowest BCUT2D eigenvalue weighted by molar-refractivity contribution is -0.111. The van der Waals surface area contributed by atoms with Crippen molar-refractivity contribution in [2.75, 3.05) is 0 Å². The van der Waals surface area contributed by atoms with E-state index in [1.54, 1.807) is 11.3 Å². The number of halogens is 1. The van der Waals surface area contributed by atoms with E-state index in [0.29, 0.717) is 6.42 Å². The number of carbonyl (C=O) groups is 1. The number of rotatable bonds is 2. The summed E-state index contributed by atoms with van der Waals surface area (Å²) in [5.41, 5.74) is 1.00. The van der Waals surface area contributed by atoms with Crippen molar-refractivity contribution in [3.05, 3.63) is 22.4 Å². The van der Waals surface area contributed by atoms with Crippen molar-refractivity contribution < 1.29 is 4.79 Å². The highest BCUT2D eigenvalue weighted by molar-refractivity contribution is 7.08. The number of thiophene rings is 1. The molecule has 48 valence electrons. The topological polar surface area (TPSA) is 17.1 Å². The molecule has 9 heavy (non-hydrogen) atoms. The van der Waals surface area contributed by atoms with Crippen LogP contribution in [0.1, 0.15) is 5.56 Å². The van der Waals surface area contributed by atoms with Crippen LogP contribution >= 0.6 is 22.9 Å². The van der Waals surface area contributed by atoms with Gasteiger partial charge in [0.2, 0.25) is 5.24 Å². The first kappa shape index (κ1) is 6.78. The largest absolute Gasteiger partial charge is 0.281 e. The van der Waals surface area contributed by atoms with E-state index < -0.39 is 0 Å². The zero-order chi connectivity index (χ0) is 6.69. The summed E-state index contributed by atoms with van der Waals surface area (Å²) in [7, 11) is 0. The van der Waals surface area contributed by atoms with Crippen molar-refractivity contribution in [2.24, 2.45) is 0 Å². The maximum atomic E-state index is 10.3. The van der Waals surface area contributed by atoms with E-state index >= 15 is 0 Å². The van der Waals surface area contributed by atoms with Gasteiger partial charge in [-0.3, -0.25) is 4.79 Å². The van der Waals surface area contributed by atoms with Crippen LogP contribution in [0.3, 0.4) is 0 Å². The van der Waals surface area contributed by atoms with Gasteiger partial charge < -0.3 is 0 Å². The molecule has 0 unspecified atom stereocenters. The third kappa shape index (κ3) is 2.16. The fourth-order valence-electron chi connectivity index (χ4n) is 0.554. The molecule has 1 aromatic heterocycles. The molecule has 1 nitrogen and oxygen atoms in total. The molecule has 0 saturated carbocycles. The number of carbonyl (C=O) groups excluding carboxylic acids is 1. The van der Waals surface area contributed by atoms with Crippen LogP contribution in [0.25, 0.3) is 0 Å². The third-order valence-corrected chi connectivity index (χ3v) is 1.79. The Hall–Kier alpha value is -0.340. The molecular weight excluding hydrogens is 156 g/mol. The minimum atomic E-state index is -0.298. The van der Waals surface area contributed by atoms with Crippen molar-refractivity contribution in [1.29, 1.82) is 0 Å². The third-order valence-electron chi connectivity index (χ3n) is 0.923. The van der Waals surface area contributed by atoms with Gasteiger partial charge in [-0.2, -0.15) is 11.3 Å². The van der Waals surface area contributed by atoms with Gasteiger partial charge in [0.05, 0.1) is 0 Å². The Balaban J connectivity index is 2.58. The first-order valence-electron chi connectivity index (χ1n) is 2.48. The highest BCUT2D eigenvalue weighted by atomic mass is 35.5. The molecule has 0 fully saturated rings.